The third-order valence-corrected chi connectivity index (χ3v) is 6.06. The van der Waals surface area contributed by atoms with Crippen molar-refractivity contribution in [3.05, 3.63) is 35.9 Å². The lowest BCUT2D eigenvalue weighted by Gasteiger charge is -2.28. The molecule has 2 heterocycles. The number of rotatable bonds is 10. The Labute approximate surface area is 183 Å². The first-order valence-electron chi connectivity index (χ1n) is 10.7. The highest BCUT2D eigenvalue weighted by Crippen LogP contribution is 2.24. The third-order valence-electron chi connectivity index (χ3n) is 5.09. The molecular weight excluding hydrogens is 398 g/mol. The Morgan fingerprint density at radius 3 is 2.57 bits per heavy atom. The van der Waals surface area contributed by atoms with Gasteiger partial charge in [0.2, 0.25) is 11.9 Å². The number of hydrogen-bond donors (Lipinski definition) is 1. The van der Waals surface area contributed by atoms with E-state index in [2.05, 4.69) is 57.9 Å². The lowest BCUT2D eigenvalue weighted by Crippen LogP contribution is -2.38. The van der Waals surface area contributed by atoms with E-state index < -0.39 is 0 Å². The Bertz CT molecular complexity index is 790. The maximum Gasteiger partial charge on any atom is 0.230 e. The Morgan fingerprint density at radius 2 is 1.87 bits per heavy atom. The second-order valence-electron chi connectivity index (χ2n) is 8.18. The molecule has 0 radical (unpaired) electrons. The number of nitrogens with one attached hydrogen (secondary N) is 1. The normalized spacial score (nSPS) is 15.4. The summed E-state index contributed by atoms with van der Waals surface area (Å²) >= 11 is 1.44. The summed E-state index contributed by atoms with van der Waals surface area (Å²) in [5.74, 6) is 1.87. The van der Waals surface area contributed by atoms with Gasteiger partial charge < -0.3 is 15.0 Å². The van der Waals surface area contributed by atoms with Crippen LogP contribution in [0.2, 0.25) is 0 Å². The average molecular weight is 432 g/mol. The van der Waals surface area contributed by atoms with E-state index in [-0.39, 0.29) is 11.9 Å². The molecule has 0 spiro atoms. The Morgan fingerprint density at radius 1 is 1.13 bits per heavy atom. The predicted molar refractivity (Wildman–Crippen MR) is 121 cm³/mol. The summed E-state index contributed by atoms with van der Waals surface area (Å²) in [6.45, 7) is 10.1. The largest absolute Gasteiger partial charge is 0.378 e. The van der Waals surface area contributed by atoms with Gasteiger partial charge in [0.15, 0.2) is 5.16 Å². The molecule has 1 N–H and O–H groups in total. The lowest BCUT2D eigenvalue weighted by atomic mass is 10.0. The Balaban J connectivity index is 1.66. The van der Waals surface area contributed by atoms with Crippen molar-refractivity contribution >= 4 is 23.6 Å². The zero-order valence-corrected chi connectivity index (χ0v) is 19.0. The molecule has 0 aliphatic carbocycles. The number of benzene rings is 1. The maximum atomic E-state index is 12.4. The zero-order chi connectivity index (χ0) is 21.3. The molecule has 1 saturated heterocycles. The monoisotopic (exact) mass is 431 g/mol. The van der Waals surface area contributed by atoms with Crippen LogP contribution in [0.15, 0.2) is 35.5 Å². The first-order valence-corrected chi connectivity index (χ1v) is 11.7. The third kappa shape index (κ3) is 6.74. The van der Waals surface area contributed by atoms with Gasteiger partial charge in [-0.15, -0.1) is 10.2 Å². The molecule has 8 heteroatoms. The van der Waals surface area contributed by atoms with Gasteiger partial charge in [-0.3, -0.25) is 9.36 Å². The summed E-state index contributed by atoms with van der Waals surface area (Å²) in [5.41, 5.74) is 1.18. The molecule has 1 aliphatic heterocycles. The average Bonchev–Trinajstić information content (AvgIpc) is 3.14. The Hall–Kier alpha value is -2.06. The minimum absolute atomic E-state index is 0.0402. The standard InChI is InChI=1S/C22H33N5O2S/c1-17(2)9-10-18(3)23-20(28)16-30-22-25-24-21(26-11-13-29-14-12-26)27(22)15-19-7-5-4-6-8-19/h4-8,17-18H,9-16H2,1-3H3,(H,23,28)/t18-/m0/s1. The molecule has 7 nitrogen and oxygen atoms in total. The number of aromatic nitrogens is 3. The van der Waals surface area contributed by atoms with Crippen LogP contribution >= 0.6 is 11.8 Å². The van der Waals surface area contributed by atoms with Crippen molar-refractivity contribution in [2.24, 2.45) is 5.92 Å². The molecule has 1 atom stereocenters. The number of ether oxygens (including phenoxy) is 1. The van der Waals surface area contributed by atoms with Gasteiger partial charge in [-0.25, -0.2) is 0 Å². The Kier molecular flexibility index (Phi) is 8.57. The van der Waals surface area contributed by atoms with Crippen LogP contribution in [-0.2, 0) is 16.1 Å². The molecule has 2 aromatic rings. The quantitative estimate of drug-likeness (QED) is 0.583. The topological polar surface area (TPSA) is 72.3 Å². The molecule has 3 rings (SSSR count). The molecule has 30 heavy (non-hydrogen) atoms. The minimum atomic E-state index is 0.0402. The summed E-state index contributed by atoms with van der Waals surface area (Å²) in [7, 11) is 0. The molecular formula is C22H33N5O2S. The number of carbonyl (C=O) groups excluding carboxylic acids is 1. The van der Waals surface area contributed by atoms with Crippen LogP contribution in [-0.4, -0.2) is 58.8 Å². The molecule has 0 bridgehead atoms. The highest BCUT2D eigenvalue weighted by molar-refractivity contribution is 7.99. The first-order chi connectivity index (χ1) is 14.5. The fourth-order valence-electron chi connectivity index (χ4n) is 3.39. The van der Waals surface area contributed by atoms with Crippen LogP contribution < -0.4 is 10.2 Å². The summed E-state index contributed by atoms with van der Waals surface area (Å²) in [5, 5.41) is 12.7. The van der Waals surface area contributed by atoms with Crippen molar-refractivity contribution in [1.82, 2.24) is 20.1 Å². The minimum Gasteiger partial charge on any atom is -0.378 e. The van der Waals surface area contributed by atoms with E-state index in [0.717, 1.165) is 37.0 Å². The number of nitrogens with zero attached hydrogens (tertiary/aromatic N) is 4. The van der Waals surface area contributed by atoms with E-state index in [1.807, 2.05) is 18.2 Å². The van der Waals surface area contributed by atoms with Crippen molar-refractivity contribution in [2.45, 2.75) is 51.4 Å². The van der Waals surface area contributed by atoms with Crippen LogP contribution in [0.4, 0.5) is 5.95 Å². The molecule has 1 aliphatic rings. The van der Waals surface area contributed by atoms with E-state index in [1.165, 1.54) is 17.3 Å². The second-order valence-corrected chi connectivity index (χ2v) is 9.12. The number of amides is 1. The van der Waals surface area contributed by atoms with E-state index in [1.54, 1.807) is 0 Å². The van der Waals surface area contributed by atoms with E-state index in [0.29, 0.717) is 31.4 Å². The fourth-order valence-corrected chi connectivity index (χ4v) is 4.14. The van der Waals surface area contributed by atoms with Crippen LogP contribution in [0.3, 0.4) is 0 Å². The number of morpholine rings is 1. The molecule has 1 amide bonds. The number of thioether (sulfide) groups is 1. The molecule has 1 aromatic heterocycles. The number of anilines is 1. The van der Waals surface area contributed by atoms with Gasteiger partial charge >= 0.3 is 0 Å². The van der Waals surface area contributed by atoms with Crippen LogP contribution in [0, 0.1) is 5.92 Å². The highest BCUT2D eigenvalue weighted by Gasteiger charge is 2.21. The summed E-state index contributed by atoms with van der Waals surface area (Å²) in [6, 6.07) is 10.5. The van der Waals surface area contributed by atoms with Gasteiger partial charge in [-0.2, -0.15) is 0 Å². The van der Waals surface area contributed by atoms with Crippen LogP contribution in [0.1, 0.15) is 39.2 Å². The molecule has 0 unspecified atom stereocenters. The zero-order valence-electron chi connectivity index (χ0n) is 18.2. The van der Waals surface area contributed by atoms with Gasteiger partial charge in [0, 0.05) is 19.1 Å². The van der Waals surface area contributed by atoms with E-state index >= 15 is 0 Å². The van der Waals surface area contributed by atoms with Crippen molar-refractivity contribution in [2.75, 3.05) is 37.0 Å². The summed E-state index contributed by atoms with van der Waals surface area (Å²) in [4.78, 5) is 14.6. The van der Waals surface area contributed by atoms with Crippen molar-refractivity contribution in [3.8, 4) is 0 Å². The first kappa shape index (κ1) is 22.6. The number of carbonyl (C=O) groups is 1. The van der Waals surface area contributed by atoms with E-state index in [4.69, 9.17) is 4.74 Å². The van der Waals surface area contributed by atoms with Crippen LogP contribution in [0.25, 0.3) is 0 Å². The van der Waals surface area contributed by atoms with Gasteiger partial charge in [0.1, 0.15) is 0 Å². The highest BCUT2D eigenvalue weighted by atomic mass is 32.2. The molecule has 0 saturated carbocycles. The lowest BCUT2D eigenvalue weighted by molar-refractivity contribution is -0.119. The molecule has 164 valence electrons. The van der Waals surface area contributed by atoms with Crippen molar-refractivity contribution in [1.29, 1.82) is 0 Å². The summed E-state index contributed by atoms with van der Waals surface area (Å²) < 4.78 is 7.59. The van der Waals surface area contributed by atoms with Gasteiger partial charge in [-0.05, 0) is 31.2 Å². The predicted octanol–water partition coefficient (Wildman–Crippen LogP) is 3.20. The van der Waals surface area contributed by atoms with Crippen molar-refractivity contribution < 1.29 is 9.53 Å². The molecule has 1 fully saturated rings. The SMILES string of the molecule is CC(C)CC[C@H](C)NC(=O)CSc1nnc(N2CCOCC2)n1Cc1ccccc1. The van der Waals surface area contributed by atoms with Crippen molar-refractivity contribution in [3.63, 3.8) is 0 Å². The maximum absolute atomic E-state index is 12.4. The smallest absolute Gasteiger partial charge is 0.230 e. The number of hydrogen-bond acceptors (Lipinski definition) is 6. The van der Waals surface area contributed by atoms with Gasteiger partial charge in [0.05, 0.1) is 25.5 Å². The van der Waals surface area contributed by atoms with Gasteiger partial charge in [-0.1, -0.05) is 55.9 Å². The molecule has 1 aromatic carbocycles. The fraction of sp³-hybridized carbons (Fsp3) is 0.591. The van der Waals surface area contributed by atoms with E-state index in [9.17, 15) is 4.79 Å². The van der Waals surface area contributed by atoms with Gasteiger partial charge in [0.25, 0.3) is 0 Å². The summed E-state index contributed by atoms with van der Waals surface area (Å²) in [6.07, 6.45) is 2.11. The van der Waals surface area contributed by atoms with Crippen LogP contribution in [0.5, 0.6) is 0 Å². The second kappa shape index (κ2) is 11.4.